The number of rotatable bonds is 5. The molecule has 21 heavy (non-hydrogen) atoms. The van der Waals surface area contributed by atoms with Crippen molar-refractivity contribution < 1.29 is 23.6 Å². The van der Waals surface area contributed by atoms with E-state index in [0.29, 0.717) is 24.7 Å². The molecular weight excluding hydrogens is 276 g/mol. The highest BCUT2D eigenvalue weighted by molar-refractivity contribution is 5.71. The van der Waals surface area contributed by atoms with Gasteiger partial charge in [0.05, 0.1) is 31.1 Å². The fraction of sp³-hybridized carbons (Fsp3) is 0.429. The van der Waals surface area contributed by atoms with Crippen LogP contribution in [0.1, 0.15) is 5.69 Å². The lowest BCUT2D eigenvalue weighted by Gasteiger charge is -2.24. The number of furan rings is 1. The fourth-order valence-corrected chi connectivity index (χ4v) is 2.51. The van der Waals surface area contributed by atoms with Crippen LogP contribution in [0.4, 0.5) is 0 Å². The molecule has 0 bridgehead atoms. The molecule has 0 aliphatic carbocycles. The topological polar surface area (TPSA) is 88.9 Å². The Hall–Kier alpha value is -2.12. The molecule has 0 aromatic carbocycles. The van der Waals surface area contributed by atoms with Crippen molar-refractivity contribution in [2.75, 3.05) is 20.3 Å². The summed E-state index contributed by atoms with van der Waals surface area (Å²) in [5.74, 6) is -0.169. The first-order valence-electron chi connectivity index (χ1n) is 6.65. The molecule has 3 rings (SSSR count). The Labute approximate surface area is 121 Å². The molecule has 0 amide bonds. The number of likely N-dealkylation sites (N-methyl/N-ethyl adjacent to an activating group) is 1. The Morgan fingerprint density at radius 2 is 2.33 bits per heavy atom. The number of nitrogens with zero attached hydrogens (tertiary/aromatic N) is 2. The summed E-state index contributed by atoms with van der Waals surface area (Å²) < 4.78 is 15.7. The van der Waals surface area contributed by atoms with Gasteiger partial charge in [0.2, 0.25) is 5.76 Å². The van der Waals surface area contributed by atoms with Crippen molar-refractivity contribution in [2.45, 2.75) is 12.6 Å². The molecule has 0 radical (unpaired) electrons. The molecule has 7 nitrogen and oxygen atoms in total. The van der Waals surface area contributed by atoms with Crippen molar-refractivity contribution in [3.8, 4) is 11.5 Å². The first-order chi connectivity index (χ1) is 10.1. The molecule has 2 aromatic rings. The number of aromatic nitrogens is 1. The largest absolute Gasteiger partial charge is 0.481 e. The minimum Gasteiger partial charge on any atom is -0.481 e. The van der Waals surface area contributed by atoms with E-state index in [9.17, 15) is 9.90 Å². The molecule has 1 aliphatic rings. The Balaban J connectivity index is 1.67. The summed E-state index contributed by atoms with van der Waals surface area (Å²) in [5, 5.41) is 13.2. The van der Waals surface area contributed by atoms with Crippen molar-refractivity contribution in [2.24, 2.45) is 5.92 Å². The van der Waals surface area contributed by atoms with E-state index in [1.54, 1.807) is 24.5 Å². The lowest BCUT2D eigenvalue weighted by atomic mass is 10.0. The van der Waals surface area contributed by atoms with E-state index in [4.69, 9.17) is 13.7 Å². The fourth-order valence-electron chi connectivity index (χ4n) is 2.51. The van der Waals surface area contributed by atoms with Gasteiger partial charge in [-0.15, -0.1) is 0 Å². The number of hydrogen-bond acceptors (Lipinski definition) is 6. The smallest absolute Gasteiger partial charge is 0.310 e. The van der Waals surface area contributed by atoms with Gasteiger partial charge < -0.3 is 18.8 Å². The molecule has 1 N–H and O–H groups in total. The van der Waals surface area contributed by atoms with Gasteiger partial charge in [-0.25, -0.2) is 0 Å². The van der Waals surface area contributed by atoms with E-state index in [1.807, 2.05) is 11.9 Å². The second-order valence-corrected chi connectivity index (χ2v) is 5.12. The van der Waals surface area contributed by atoms with Gasteiger partial charge in [-0.1, -0.05) is 5.16 Å². The van der Waals surface area contributed by atoms with Crippen LogP contribution in [0, 0.1) is 5.92 Å². The van der Waals surface area contributed by atoms with Gasteiger partial charge in [-0.05, 0) is 19.2 Å². The maximum absolute atomic E-state index is 11.2. The normalized spacial score (nSPS) is 22.0. The molecule has 2 aromatic heterocycles. The van der Waals surface area contributed by atoms with Gasteiger partial charge in [0.15, 0.2) is 5.76 Å². The van der Waals surface area contributed by atoms with Gasteiger partial charge >= 0.3 is 5.97 Å². The SMILES string of the molecule is CN(Cc1cc(-c2ccco2)on1)C1COCC1C(=O)O. The second kappa shape index (κ2) is 5.71. The highest BCUT2D eigenvalue weighted by Crippen LogP contribution is 2.23. The highest BCUT2D eigenvalue weighted by atomic mass is 16.5. The van der Waals surface area contributed by atoms with E-state index in [2.05, 4.69) is 5.16 Å². The number of carboxylic acid groups (broad SMARTS) is 1. The van der Waals surface area contributed by atoms with Crippen LogP contribution in [0.2, 0.25) is 0 Å². The first-order valence-corrected chi connectivity index (χ1v) is 6.65. The number of carbonyl (C=O) groups is 1. The van der Waals surface area contributed by atoms with Crippen molar-refractivity contribution in [1.29, 1.82) is 0 Å². The summed E-state index contributed by atoms with van der Waals surface area (Å²) in [6, 6.07) is 5.20. The Bertz CT molecular complexity index is 607. The van der Waals surface area contributed by atoms with Crippen LogP contribution < -0.4 is 0 Å². The minimum absolute atomic E-state index is 0.161. The zero-order valence-corrected chi connectivity index (χ0v) is 11.6. The standard InChI is InChI=1S/C14H16N2O5/c1-16(11-8-19-7-10(11)14(17)18)6-9-5-13(21-15-9)12-3-2-4-20-12/h2-5,10-11H,6-8H2,1H3,(H,17,18). The molecule has 0 saturated carbocycles. The Morgan fingerprint density at radius 3 is 3.05 bits per heavy atom. The summed E-state index contributed by atoms with van der Waals surface area (Å²) in [6.07, 6.45) is 1.57. The quantitative estimate of drug-likeness (QED) is 0.892. The average molecular weight is 292 g/mol. The third-order valence-corrected chi connectivity index (χ3v) is 3.67. The summed E-state index contributed by atoms with van der Waals surface area (Å²) in [6.45, 7) is 1.15. The number of aliphatic carboxylic acids is 1. The molecule has 3 heterocycles. The van der Waals surface area contributed by atoms with E-state index in [1.165, 1.54) is 0 Å². The molecule has 7 heteroatoms. The van der Waals surface area contributed by atoms with E-state index >= 15 is 0 Å². The monoisotopic (exact) mass is 292 g/mol. The molecule has 0 spiro atoms. The predicted molar refractivity (Wildman–Crippen MR) is 71.4 cm³/mol. The zero-order valence-electron chi connectivity index (χ0n) is 11.6. The summed E-state index contributed by atoms with van der Waals surface area (Å²) in [4.78, 5) is 13.1. The van der Waals surface area contributed by atoms with Crippen molar-refractivity contribution >= 4 is 5.97 Å². The molecule has 1 saturated heterocycles. The molecule has 112 valence electrons. The molecule has 2 atom stereocenters. The summed E-state index contributed by atoms with van der Waals surface area (Å²) in [5.41, 5.74) is 0.722. The van der Waals surface area contributed by atoms with E-state index in [0.717, 1.165) is 5.69 Å². The molecular formula is C14H16N2O5. The van der Waals surface area contributed by atoms with Gasteiger partial charge in [0.1, 0.15) is 0 Å². The van der Waals surface area contributed by atoms with Crippen LogP contribution >= 0.6 is 0 Å². The van der Waals surface area contributed by atoms with E-state index in [-0.39, 0.29) is 12.6 Å². The van der Waals surface area contributed by atoms with Gasteiger partial charge in [0, 0.05) is 18.7 Å². The van der Waals surface area contributed by atoms with Crippen LogP contribution in [0.5, 0.6) is 0 Å². The predicted octanol–water partition coefficient (Wildman–Crippen LogP) is 1.47. The lowest BCUT2D eigenvalue weighted by molar-refractivity contribution is -0.143. The lowest BCUT2D eigenvalue weighted by Crippen LogP contribution is -2.40. The molecule has 1 aliphatic heterocycles. The average Bonchev–Trinajstić information content (AvgIpc) is 3.19. The number of ether oxygens (including phenoxy) is 1. The second-order valence-electron chi connectivity index (χ2n) is 5.12. The van der Waals surface area contributed by atoms with Crippen LogP contribution in [-0.2, 0) is 16.1 Å². The first kappa shape index (κ1) is 13.8. The zero-order chi connectivity index (χ0) is 14.8. The summed E-state index contributed by atoms with van der Waals surface area (Å²) >= 11 is 0. The van der Waals surface area contributed by atoms with Crippen LogP contribution in [0.15, 0.2) is 33.4 Å². The highest BCUT2D eigenvalue weighted by Gasteiger charge is 2.36. The third-order valence-electron chi connectivity index (χ3n) is 3.67. The van der Waals surface area contributed by atoms with E-state index < -0.39 is 11.9 Å². The van der Waals surface area contributed by atoms with Crippen molar-refractivity contribution in [1.82, 2.24) is 10.1 Å². The summed E-state index contributed by atoms with van der Waals surface area (Å²) in [7, 11) is 1.86. The van der Waals surface area contributed by atoms with Crippen LogP contribution in [-0.4, -0.2) is 47.4 Å². The number of carboxylic acids is 1. The molecule has 2 unspecified atom stereocenters. The van der Waals surface area contributed by atoms with Crippen LogP contribution in [0.25, 0.3) is 11.5 Å². The van der Waals surface area contributed by atoms with Gasteiger partial charge in [-0.3, -0.25) is 9.69 Å². The minimum atomic E-state index is -0.833. The van der Waals surface area contributed by atoms with Crippen molar-refractivity contribution in [3.63, 3.8) is 0 Å². The Kier molecular flexibility index (Phi) is 3.76. The Morgan fingerprint density at radius 1 is 1.48 bits per heavy atom. The van der Waals surface area contributed by atoms with Gasteiger partial charge in [0.25, 0.3) is 0 Å². The number of hydrogen-bond donors (Lipinski definition) is 1. The van der Waals surface area contributed by atoms with Gasteiger partial charge in [-0.2, -0.15) is 0 Å². The maximum atomic E-state index is 11.2. The maximum Gasteiger partial charge on any atom is 0.310 e. The third kappa shape index (κ3) is 2.84. The molecule has 1 fully saturated rings. The van der Waals surface area contributed by atoms with Crippen LogP contribution in [0.3, 0.4) is 0 Å². The van der Waals surface area contributed by atoms with Crippen molar-refractivity contribution in [3.05, 3.63) is 30.2 Å².